The Bertz CT molecular complexity index is 1980. The van der Waals surface area contributed by atoms with Gasteiger partial charge in [0.15, 0.2) is 0 Å². The van der Waals surface area contributed by atoms with Gasteiger partial charge in [-0.25, -0.2) is 0 Å². The Kier molecular flexibility index (Phi) is 63.6. The van der Waals surface area contributed by atoms with Crippen molar-refractivity contribution < 1.29 is 32.9 Å². The normalized spacial score (nSPS) is 14.6. The number of nitrogens with zero attached hydrogens (tertiary/aromatic N) is 1. The fraction of sp³-hybridized carbons (Fsp3) is 0.654. The zero-order valence-electron chi connectivity index (χ0n) is 56.7. The summed E-state index contributed by atoms with van der Waals surface area (Å²) in [4.78, 5) is 25.6. The van der Waals surface area contributed by atoms with Crippen LogP contribution in [0.1, 0.15) is 277 Å². The summed E-state index contributed by atoms with van der Waals surface area (Å²) < 4.78 is 23.4. The molecule has 87 heavy (non-hydrogen) atoms. The second-order valence-corrected chi connectivity index (χ2v) is 25.9. The topological polar surface area (TPSA) is 108 Å². The quantitative estimate of drug-likeness (QED) is 0.0272. The first-order valence-corrected chi connectivity index (χ1v) is 36.8. The minimum Gasteiger partial charge on any atom is -0.756 e. The summed E-state index contributed by atoms with van der Waals surface area (Å²) in [5.41, 5.74) is 0. The molecular weight excluding hydrogens is 1090 g/mol. The van der Waals surface area contributed by atoms with Gasteiger partial charge in [-0.1, -0.05) is 307 Å². The Balaban J connectivity index is 4.27. The van der Waals surface area contributed by atoms with Crippen LogP contribution in [0.5, 0.6) is 0 Å². The molecule has 0 saturated heterocycles. The summed E-state index contributed by atoms with van der Waals surface area (Å²) in [5, 5.41) is 13.9. The monoisotopic (exact) mass is 1220 g/mol. The van der Waals surface area contributed by atoms with Gasteiger partial charge in [0, 0.05) is 6.42 Å². The number of hydrogen-bond donors (Lipinski definition) is 2. The average molecular weight is 1230 g/mol. The van der Waals surface area contributed by atoms with Crippen molar-refractivity contribution in [2.75, 3.05) is 40.9 Å². The number of phosphoric ester groups is 1. The van der Waals surface area contributed by atoms with E-state index in [1.54, 1.807) is 6.08 Å². The summed E-state index contributed by atoms with van der Waals surface area (Å²) in [6, 6.07) is -0.938. The van der Waals surface area contributed by atoms with Crippen LogP contribution in [0.3, 0.4) is 0 Å². The maximum absolute atomic E-state index is 13.0. The maximum Gasteiger partial charge on any atom is 0.268 e. The molecule has 0 fully saturated rings. The molecule has 0 aliphatic rings. The number of likely N-dealkylation sites (N-methyl/N-ethyl adjacent to an activating group) is 1. The molecule has 0 aliphatic carbocycles. The van der Waals surface area contributed by atoms with Crippen LogP contribution in [0.15, 0.2) is 158 Å². The Morgan fingerprint density at radius 2 is 0.713 bits per heavy atom. The van der Waals surface area contributed by atoms with Crippen molar-refractivity contribution in [2.24, 2.45) is 0 Å². The number of carbonyl (C=O) groups is 1. The van der Waals surface area contributed by atoms with Gasteiger partial charge < -0.3 is 28.8 Å². The van der Waals surface area contributed by atoms with Crippen molar-refractivity contribution in [3.8, 4) is 0 Å². The van der Waals surface area contributed by atoms with Gasteiger partial charge >= 0.3 is 0 Å². The Labute approximate surface area is 537 Å². The van der Waals surface area contributed by atoms with E-state index >= 15 is 0 Å². The lowest BCUT2D eigenvalue weighted by Crippen LogP contribution is -2.45. The first kappa shape index (κ1) is 83.1. The van der Waals surface area contributed by atoms with Gasteiger partial charge in [-0.05, 0) is 122 Å². The third-order valence-corrected chi connectivity index (χ3v) is 15.9. The van der Waals surface area contributed by atoms with Gasteiger partial charge in [0.2, 0.25) is 5.91 Å². The summed E-state index contributed by atoms with van der Waals surface area (Å²) in [6.45, 7) is 4.49. The fourth-order valence-electron chi connectivity index (χ4n) is 9.51. The molecular formula is C78H133N2O6P. The van der Waals surface area contributed by atoms with Crippen LogP contribution in [0.25, 0.3) is 0 Å². The van der Waals surface area contributed by atoms with E-state index in [-0.39, 0.29) is 18.9 Å². The van der Waals surface area contributed by atoms with E-state index in [0.717, 1.165) is 109 Å². The minimum atomic E-state index is -4.64. The second kappa shape index (κ2) is 66.5. The van der Waals surface area contributed by atoms with Crippen LogP contribution in [-0.4, -0.2) is 68.5 Å². The number of amides is 1. The van der Waals surface area contributed by atoms with Crippen LogP contribution < -0.4 is 10.2 Å². The van der Waals surface area contributed by atoms with Crippen LogP contribution in [0.4, 0.5) is 0 Å². The van der Waals surface area contributed by atoms with Gasteiger partial charge in [-0.3, -0.25) is 9.36 Å². The molecule has 0 saturated carbocycles. The van der Waals surface area contributed by atoms with Gasteiger partial charge in [0.1, 0.15) is 13.2 Å². The molecule has 0 spiro atoms. The smallest absolute Gasteiger partial charge is 0.268 e. The molecule has 0 aromatic rings. The molecule has 0 radical (unpaired) electrons. The van der Waals surface area contributed by atoms with E-state index in [2.05, 4.69) is 165 Å². The molecule has 0 rings (SSSR count). The molecule has 0 heterocycles. The zero-order chi connectivity index (χ0) is 63.4. The lowest BCUT2D eigenvalue weighted by molar-refractivity contribution is -0.870. The second-order valence-electron chi connectivity index (χ2n) is 24.5. The van der Waals surface area contributed by atoms with E-state index in [0.29, 0.717) is 23.9 Å². The van der Waals surface area contributed by atoms with Crippen LogP contribution in [0.2, 0.25) is 0 Å². The van der Waals surface area contributed by atoms with Gasteiger partial charge in [0.25, 0.3) is 7.82 Å². The number of allylic oxidation sites excluding steroid dienone is 25. The number of phosphoric acid groups is 1. The van der Waals surface area contributed by atoms with Crippen LogP contribution >= 0.6 is 7.82 Å². The van der Waals surface area contributed by atoms with E-state index in [4.69, 9.17) is 9.05 Å². The predicted molar refractivity (Wildman–Crippen MR) is 380 cm³/mol. The highest BCUT2D eigenvalue weighted by Gasteiger charge is 2.23. The molecule has 0 aromatic heterocycles. The maximum atomic E-state index is 13.0. The van der Waals surface area contributed by atoms with Crippen LogP contribution in [-0.2, 0) is 18.4 Å². The van der Waals surface area contributed by atoms with Crippen molar-refractivity contribution >= 4 is 13.7 Å². The Morgan fingerprint density at radius 3 is 1.07 bits per heavy atom. The molecule has 496 valence electrons. The third-order valence-electron chi connectivity index (χ3n) is 14.9. The molecule has 9 heteroatoms. The SMILES string of the molecule is CC/C=C\C/C=C\C/C=C\C/C=C\C/C=C\C/C=C\C/C=C\C/C=C\C/C=C\C/C=C\CCCCCCC(=O)NC(COP(=O)([O-])OCC[N+](C)(C)C)C(O)/C=C/CC/C=C/CC/C=C/CCCCCCCCCCCCCCCCCCCCCC. The summed E-state index contributed by atoms with van der Waals surface area (Å²) in [7, 11) is 1.20. The average Bonchev–Trinajstić information content (AvgIpc) is 3.70. The van der Waals surface area contributed by atoms with Crippen molar-refractivity contribution in [1.29, 1.82) is 0 Å². The molecule has 0 bridgehead atoms. The highest BCUT2D eigenvalue weighted by molar-refractivity contribution is 7.45. The number of hydrogen-bond acceptors (Lipinski definition) is 6. The van der Waals surface area contributed by atoms with E-state index in [9.17, 15) is 19.4 Å². The minimum absolute atomic E-state index is 0.0231. The molecule has 0 aliphatic heterocycles. The molecule has 3 atom stereocenters. The predicted octanol–water partition coefficient (Wildman–Crippen LogP) is 22.3. The summed E-state index contributed by atoms with van der Waals surface area (Å²) in [6.07, 6.45) is 104. The van der Waals surface area contributed by atoms with Gasteiger partial charge in [-0.15, -0.1) is 0 Å². The van der Waals surface area contributed by atoms with Crippen LogP contribution in [0, 0.1) is 0 Å². The van der Waals surface area contributed by atoms with E-state index in [1.165, 1.54) is 135 Å². The first-order chi connectivity index (χ1) is 42.5. The number of quaternary nitrogens is 1. The van der Waals surface area contributed by atoms with Crippen molar-refractivity contribution in [3.05, 3.63) is 158 Å². The molecule has 3 unspecified atom stereocenters. The summed E-state index contributed by atoms with van der Waals surface area (Å²) in [5.74, 6) is -0.240. The van der Waals surface area contributed by atoms with Crippen molar-refractivity contribution in [3.63, 3.8) is 0 Å². The lowest BCUT2D eigenvalue weighted by atomic mass is 10.0. The molecule has 8 nitrogen and oxygen atoms in total. The number of nitrogens with one attached hydrogen (secondary N) is 1. The molecule has 1 amide bonds. The largest absolute Gasteiger partial charge is 0.756 e. The molecule has 0 aromatic carbocycles. The molecule has 2 N–H and O–H groups in total. The van der Waals surface area contributed by atoms with Gasteiger partial charge in [0.05, 0.1) is 39.9 Å². The Hall–Kier alpha value is -3.88. The van der Waals surface area contributed by atoms with Crippen molar-refractivity contribution in [1.82, 2.24) is 5.32 Å². The number of carbonyl (C=O) groups excluding carboxylic acids is 1. The third kappa shape index (κ3) is 69.5. The standard InChI is InChI=1S/C78H133N2O6P/c1-6-8-10-12-14-16-18-20-22-24-26-28-30-32-34-36-38-39-40-41-42-44-46-48-50-52-54-56-58-60-62-64-66-68-70-72-78(82)79-76(75-86-87(83,84)85-74-73-80(3,4)5)77(81)71-69-67-65-63-61-59-57-55-53-51-49-47-45-43-37-35-33-31-29-27-25-23-21-19-17-15-13-11-9-7-2/h8,10,14,16,20,22,26,28,32,34,38-39,41-42,46,48,52-55,58,60-61,63,69,71,76-77,81H,6-7,9,11-13,15,17-19,21,23-25,27,29-31,33,35-37,40,43-45,47,49-51,56-57,59,62,64-68,70,72-75H2,1-5H3,(H-,79,82,83,84)/b10-8-,16-14-,22-20-,28-26-,34-32-,39-38-,42-41-,48-46-,54-52-,55-53+,60-58-,63-61+,71-69+. The number of aliphatic hydroxyl groups is 1. The highest BCUT2D eigenvalue weighted by atomic mass is 31.2. The highest BCUT2D eigenvalue weighted by Crippen LogP contribution is 2.38. The number of rotatable bonds is 63. The zero-order valence-corrected chi connectivity index (χ0v) is 57.6. The van der Waals surface area contributed by atoms with Gasteiger partial charge in [-0.2, -0.15) is 0 Å². The van der Waals surface area contributed by atoms with Crippen molar-refractivity contribution in [2.45, 2.75) is 289 Å². The fourth-order valence-corrected chi connectivity index (χ4v) is 10.2. The lowest BCUT2D eigenvalue weighted by Gasteiger charge is -2.29. The van der Waals surface area contributed by atoms with E-state index in [1.807, 2.05) is 27.2 Å². The van der Waals surface area contributed by atoms with E-state index < -0.39 is 26.6 Å². The number of unbranched alkanes of at least 4 members (excludes halogenated alkanes) is 26. The number of aliphatic hydroxyl groups excluding tert-OH is 1. The first-order valence-electron chi connectivity index (χ1n) is 35.3. The Morgan fingerprint density at radius 1 is 0.414 bits per heavy atom. The summed E-state index contributed by atoms with van der Waals surface area (Å²) >= 11 is 0.